The minimum atomic E-state index is -0.285. The van der Waals surface area contributed by atoms with E-state index >= 15 is 0 Å². The van der Waals surface area contributed by atoms with Gasteiger partial charge in [-0.15, -0.1) is 0 Å². The van der Waals surface area contributed by atoms with Crippen LogP contribution in [0.15, 0.2) is 24.3 Å². The zero-order chi connectivity index (χ0) is 13.1. The number of nitrogens with one attached hydrogen (secondary N) is 1. The van der Waals surface area contributed by atoms with Gasteiger partial charge in [0.1, 0.15) is 0 Å². The molecule has 0 saturated heterocycles. The van der Waals surface area contributed by atoms with E-state index in [4.69, 9.17) is 0 Å². The zero-order valence-electron chi connectivity index (χ0n) is 10.1. The number of nitrogens with zero attached hydrogens (tertiary/aromatic N) is 1. The third-order valence-electron chi connectivity index (χ3n) is 2.85. The summed E-state index contributed by atoms with van der Waals surface area (Å²) >= 11 is 0. The van der Waals surface area contributed by atoms with Crippen LogP contribution in [0.2, 0.25) is 0 Å². The van der Waals surface area contributed by atoms with Gasteiger partial charge >= 0.3 is 0 Å². The fourth-order valence-electron chi connectivity index (χ4n) is 1.97. The first kappa shape index (κ1) is 12.3. The number of carbonyl (C=O) groups excluding carboxylic acids is 3. The molecule has 5 heteroatoms. The van der Waals surface area contributed by atoms with Gasteiger partial charge in [-0.2, -0.15) is 0 Å². The Morgan fingerprint density at radius 1 is 1.33 bits per heavy atom. The molecule has 1 N–H and O–H groups in total. The molecule has 0 fully saturated rings. The SMILES string of the molecule is CC(=O)NCCN1C(=O)Cc2ccccc2C1=O. The molecule has 0 unspecified atom stereocenters. The van der Waals surface area contributed by atoms with Crippen LogP contribution in [0, 0.1) is 0 Å². The van der Waals surface area contributed by atoms with Crippen molar-refractivity contribution >= 4 is 17.7 Å². The van der Waals surface area contributed by atoms with Crippen molar-refractivity contribution in [3.8, 4) is 0 Å². The molecule has 0 bridgehead atoms. The van der Waals surface area contributed by atoms with E-state index in [0.717, 1.165) is 5.56 Å². The molecular formula is C13H14N2O3. The number of hydrogen-bond donors (Lipinski definition) is 1. The summed E-state index contributed by atoms with van der Waals surface area (Å²) in [5.74, 6) is -0.677. The zero-order valence-corrected chi connectivity index (χ0v) is 10.1. The van der Waals surface area contributed by atoms with Gasteiger partial charge in [0.2, 0.25) is 11.8 Å². The normalized spacial score (nSPS) is 14.4. The first-order valence-corrected chi connectivity index (χ1v) is 5.76. The van der Waals surface area contributed by atoms with Crippen LogP contribution < -0.4 is 5.32 Å². The second-order valence-corrected chi connectivity index (χ2v) is 4.17. The van der Waals surface area contributed by atoms with E-state index in [-0.39, 0.29) is 37.2 Å². The third kappa shape index (κ3) is 2.40. The average molecular weight is 246 g/mol. The number of hydrogen-bond acceptors (Lipinski definition) is 3. The molecule has 2 rings (SSSR count). The van der Waals surface area contributed by atoms with Crippen molar-refractivity contribution in [3.63, 3.8) is 0 Å². The van der Waals surface area contributed by atoms with Gasteiger partial charge in [0, 0.05) is 25.6 Å². The molecule has 1 aliphatic heterocycles. The lowest BCUT2D eigenvalue weighted by Gasteiger charge is -2.26. The molecule has 0 saturated carbocycles. The fraction of sp³-hybridized carbons (Fsp3) is 0.308. The summed E-state index contributed by atoms with van der Waals surface area (Å²) in [6.07, 6.45) is 0.238. The van der Waals surface area contributed by atoms with E-state index in [1.165, 1.54) is 11.8 Å². The maximum absolute atomic E-state index is 12.1. The van der Waals surface area contributed by atoms with Crippen molar-refractivity contribution in [2.45, 2.75) is 13.3 Å². The van der Waals surface area contributed by atoms with Gasteiger partial charge in [-0.1, -0.05) is 18.2 Å². The molecule has 0 aromatic heterocycles. The maximum Gasteiger partial charge on any atom is 0.260 e. The number of imide groups is 1. The fourth-order valence-corrected chi connectivity index (χ4v) is 1.97. The van der Waals surface area contributed by atoms with Crippen molar-refractivity contribution in [1.82, 2.24) is 10.2 Å². The first-order chi connectivity index (χ1) is 8.59. The Hall–Kier alpha value is -2.17. The van der Waals surface area contributed by atoms with Gasteiger partial charge in [-0.05, 0) is 11.6 Å². The van der Waals surface area contributed by atoms with E-state index in [9.17, 15) is 14.4 Å². The van der Waals surface area contributed by atoms with Crippen molar-refractivity contribution in [2.75, 3.05) is 13.1 Å². The molecule has 1 aromatic rings. The molecule has 94 valence electrons. The molecule has 0 atom stereocenters. The molecule has 1 heterocycles. The van der Waals surface area contributed by atoms with E-state index in [0.29, 0.717) is 5.56 Å². The monoisotopic (exact) mass is 246 g/mol. The Balaban J connectivity index is 2.12. The summed E-state index contributed by atoms with van der Waals surface area (Å²) in [4.78, 5) is 35.9. The summed E-state index contributed by atoms with van der Waals surface area (Å²) in [6, 6.07) is 7.09. The summed E-state index contributed by atoms with van der Waals surface area (Å²) in [5, 5.41) is 2.57. The highest BCUT2D eigenvalue weighted by atomic mass is 16.2. The van der Waals surface area contributed by atoms with Crippen molar-refractivity contribution in [1.29, 1.82) is 0 Å². The average Bonchev–Trinajstić information content (AvgIpc) is 2.33. The number of fused-ring (bicyclic) bond motifs is 1. The van der Waals surface area contributed by atoms with Gasteiger partial charge < -0.3 is 5.32 Å². The van der Waals surface area contributed by atoms with Crippen molar-refractivity contribution in [3.05, 3.63) is 35.4 Å². The lowest BCUT2D eigenvalue weighted by atomic mass is 9.98. The van der Waals surface area contributed by atoms with E-state index in [2.05, 4.69) is 5.32 Å². The van der Waals surface area contributed by atoms with Crippen LogP contribution in [0.25, 0.3) is 0 Å². The summed E-state index contributed by atoms with van der Waals surface area (Å²) in [6.45, 7) is 1.90. The molecular weight excluding hydrogens is 232 g/mol. The largest absolute Gasteiger partial charge is 0.355 e. The Bertz CT molecular complexity index is 511. The Morgan fingerprint density at radius 2 is 2.06 bits per heavy atom. The second kappa shape index (κ2) is 5.00. The molecule has 1 aliphatic rings. The predicted molar refractivity (Wildman–Crippen MR) is 64.9 cm³/mol. The van der Waals surface area contributed by atoms with Crippen LogP contribution >= 0.6 is 0 Å². The second-order valence-electron chi connectivity index (χ2n) is 4.17. The molecule has 1 aromatic carbocycles. The van der Waals surface area contributed by atoms with Crippen LogP contribution in [-0.2, 0) is 16.0 Å². The number of rotatable bonds is 3. The Labute approximate surface area is 105 Å². The molecule has 3 amide bonds. The van der Waals surface area contributed by atoms with Crippen molar-refractivity contribution in [2.24, 2.45) is 0 Å². The minimum Gasteiger partial charge on any atom is -0.355 e. The topological polar surface area (TPSA) is 66.5 Å². The standard InChI is InChI=1S/C13H14N2O3/c1-9(16)14-6-7-15-12(17)8-10-4-2-3-5-11(10)13(15)18/h2-5H,6-8H2,1H3,(H,14,16). The van der Waals surface area contributed by atoms with E-state index < -0.39 is 0 Å². The molecule has 5 nitrogen and oxygen atoms in total. The molecule has 18 heavy (non-hydrogen) atoms. The van der Waals surface area contributed by atoms with Crippen LogP contribution in [-0.4, -0.2) is 35.7 Å². The van der Waals surface area contributed by atoms with E-state index in [1.54, 1.807) is 18.2 Å². The van der Waals surface area contributed by atoms with Gasteiger partial charge in [-0.3, -0.25) is 19.3 Å². The highest BCUT2D eigenvalue weighted by molar-refractivity contribution is 6.09. The van der Waals surface area contributed by atoms with Crippen LogP contribution in [0.3, 0.4) is 0 Å². The van der Waals surface area contributed by atoms with Crippen molar-refractivity contribution < 1.29 is 14.4 Å². The lowest BCUT2D eigenvalue weighted by molar-refractivity contribution is -0.128. The highest BCUT2D eigenvalue weighted by Crippen LogP contribution is 2.18. The number of amides is 3. The summed E-state index contributed by atoms with van der Waals surface area (Å²) in [5.41, 5.74) is 1.34. The molecule has 0 spiro atoms. The van der Waals surface area contributed by atoms with E-state index in [1.807, 2.05) is 6.07 Å². The number of carbonyl (C=O) groups is 3. The number of benzene rings is 1. The Kier molecular flexibility index (Phi) is 3.41. The third-order valence-corrected chi connectivity index (χ3v) is 2.85. The van der Waals surface area contributed by atoms with Gasteiger partial charge in [-0.25, -0.2) is 0 Å². The van der Waals surface area contributed by atoms with Crippen LogP contribution in [0.5, 0.6) is 0 Å². The highest BCUT2D eigenvalue weighted by Gasteiger charge is 2.29. The molecule has 0 aliphatic carbocycles. The predicted octanol–water partition coefficient (Wildman–Crippen LogP) is 0.348. The summed E-state index contributed by atoms with van der Waals surface area (Å²) < 4.78 is 0. The summed E-state index contributed by atoms with van der Waals surface area (Å²) in [7, 11) is 0. The Morgan fingerprint density at radius 3 is 2.78 bits per heavy atom. The van der Waals surface area contributed by atoms with Gasteiger partial charge in [0.05, 0.1) is 6.42 Å². The van der Waals surface area contributed by atoms with Gasteiger partial charge in [0.25, 0.3) is 5.91 Å². The minimum absolute atomic E-state index is 0.174. The quantitative estimate of drug-likeness (QED) is 0.782. The first-order valence-electron chi connectivity index (χ1n) is 5.76. The maximum atomic E-state index is 12.1. The smallest absolute Gasteiger partial charge is 0.260 e. The van der Waals surface area contributed by atoms with Gasteiger partial charge in [0.15, 0.2) is 0 Å². The van der Waals surface area contributed by atoms with Crippen LogP contribution in [0.1, 0.15) is 22.8 Å². The lowest BCUT2D eigenvalue weighted by Crippen LogP contribution is -2.45. The van der Waals surface area contributed by atoms with Crippen LogP contribution in [0.4, 0.5) is 0 Å². The molecule has 0 radical (unpaired) electrons.